The zero-order valence-electron chi connectivity index (χ0n) is 13.9. The summed E-state index contributed by atoms with van der Waals surface area (Å²) in [5, 5.41) is 13.4. The Kier molecular flexibility index (Phi) is 6.83. The standard InChI is InChI=1S/C17H14F2N2O5S/c1-10(26-16(23)13-4-2-3-5-14(13)21(24)25)15(22)20-11-6-8-12(9-7-11)27-17(18)19/h2-10,17H,1H3,(H,20,22)/t10-/m1/s1. The van der Waals surface area contributed by atoms with Crippen LogP contribution < -0.4 is 5.32 Å². The number of hydrogen-bond acceptors (Lipinski definition) is 6. The van der Waals surface area contributed by atoms with Crippen LogP contribution in [-0.2, 0) is 9.53 Å². The molecule has 0 aliphatic heterocycles. The van der Waals surface area contributed by atoms with Crippen LogP contribution in [0.2, 0.25) is 0 Å². The van der Waals surface area contributed by atoms with E-state index in [0.717, 1.165) is 6.07 Å². The van der Waals surface area contributed by atoms with Crippen LogP contribution in [0.1, 0.15) is 17.3 Å². The summed E-state index contributed by atoms with van der Waals surface area (Å²) in [6.45, 7) is 1.31. The number of halogens is 2. The smallest absolute Gasteiger partial charge is 0.345 e. The van der Waals surface area contributed by atoms with Gasteiger partial charge in [-0.25, -0.2) is 4.79 Å². The number of nitro benzene ring substituents is 1. The minimum atomic E-state index is -2.55. The van der Waals surface area contributed by atoms with Crippen LogP contribution in [0.15, 0.2) is 53.4 Å². The molecule has 0 bridgehead atoms. The second-order valence-corrected chi connectivity index (χ2v) is 6.28. The molecule has 27 heavy (non-hydrogen) atoms. The van der Waals surface area contributed by atoms with Gasteiger partial charge in [0.05, 0.1) is 4.92 Å². The largest absolute Gasteiger partial charge is 0.449 e. The van der Waals surface area contributed by atoms with Gasteiger partial charge in [-0.1, -0.05) is 23.9 Å². The number of anilines is 1. The van der Waals surface area contributed by atoms with Crippen LogP contribution >= 0.6 is 11.8 Å². The Hall–Kier alpha value is -3.01. The Labute approximate surface area is 156 Å². The lowest BCUT2D eigenvalue weighted by Crippen LogP contribution is -2.30. The fourth-order valence-corrected chi connectivity index (χ4v) is 2.55. The van der Waals surface area contributed by atoms with Gasteiger partial charge in [-0.05, 0) is 37.3 Å². The monoisotopic (exact) mass is 396 g/mol. The molecule has 1 amide bonds. The topological polar surface area (TPSA) is 98.5 Å². The van der Waals surface area contributed by atoms with Gasteiger partial charge in [0, 0.05) is 16.6 Å². The third-order valence-corrected chi connectivity index (χ3v) is 4.04. The summed E-state index contributed by atoms with van der Waals surface area (Å²) in [6, 6.07) is 10.9. The summed E-state index contributed by atoms with van der Waals surface area (Å²) in [6.07, 6.45) is -1.23. The highest BCUT2D eigenvalue weighted by molar-refractivity contribution is 7.99. The van der Waals surface area contributed by atoms with Gasteiger partial charge >= 0.3 is 5.97 Å². The molecule has 0 aliphatic carbocycles. The molecule has 142 valence electrons. The van der Waals surface area contributed by atoms with Crippen molar-refractivity contribution in [2.45, 2.75) is 23.7 Å². The van der Waals surface area contributed by atoms with E-state index in [-0.39, 0.29) is 5.56 Å². The number of esters is 1. The number of alkyl halides is 2. The van der Waals surface area contributed by atoms with Crippen LogP contribution in [0.4, 0.5) is 20.2 Å². The first-order chi connectivity index (χ1) is 12.8. The molecule has 0 radical (unpaired) electrons. The number of carbonyl (C=O) groups is 2. The number of hydrogen-bond donors (Lipinski definition) is 1. The van der Waals surface area contributed by atoms with Crippen molar-refractivity contribution < 1.29 is 28.0 Å². The molecular weight excluding hydrogens is 382 g/mol. The van der Waals surface area contributed by atoms with E-state index in [1.165, 1.54) is 49.4 Å². The van der Waals surface area contributed by atoms with E-state index in [2.05, 4.69) is 5.32 Å². The molecule has 0 aromatic heterocycles. The molecule has 0 heterocycles. The van der Waals surface area contributed by atoms with Crippen LogP contribution in [-0.4, -0.2) is 28.7 Å². The lowest BCUT2D eigenvalue weighted by atomic mass is 10.2. The Morgan fingerprint density at radius 1 is 1.15 bits per heavy atom. The van der Waals surface area contributed by atoms with Gasteiger partial charge < -0.3 is 10.1 Å². The highest BCUT2D eigenvalue weighted by Crippen LogP contribution is 2.26. The second-order valence-electron chi connectivity index (χ2n) is 5.21. The number of benzene rings is 2. The highest BCUT2D eigenvalue weighted by atomic mass is 32.2. The fourth-order valence-electron chi connectivity index (χ4n) is 2.05. The van der Waals surface area contributed by atoms with Crippen LogP contribution in [0.5, 0.6) is 0 Å². The predicted octanol–water partition coefficient (Wildman–Crippen LogP) is 4.09. The Morgan fingerprint density at radius 3 is 2.37 bits per heavy atom. The van der Waals surface area contributed by atoms with Crippen molar-refractivity contribution in [2.24, 2.45) is 0 Å². The van der Waals surface area contributed by atoms with E-state index in [1.54, 1.807) is 0 Å². The van der Waals surface area contributed by atoms with Crippen molar-refractivity contribution in [3.8, 4) is 0 Å². The number of ether oxygens (including phenoxy) is 1. The first kappa shape index (κ1) is 20.3. The molecule has 1 N–H and O–H groups in total. The number of nitrogens with one attached hydrogen (secondary N) is 1. The number of carbonyl (C=O) groups excluding carboxylic acids is 2. The second kappa shape index (κ2) is 9.08. The predicted molar refractivity (Wildman–Crippen MR) is 94.9 cm³/mol. The van der Waals surface area contributed by atoms with Crippen molar-refractivity contribution >= 4 is 35.0 Å². The van der Waals surface area contributed by atoms with Gasteiger partial charge in [0.15, 0.2) is 6.10 Å². The van der Waals surface area contributed by atoms with Gasteiger partial charge in [-0.15, -0.1) is 0 Å². The van der Waals surface area contributed by atoms with Gasteiger partial charge in [-0.2, -0.15) is 8.78 Å². The van der Waals surface area contributed by atoms with E-state index >= 15 is 0 Å². The molecule has 0 saturated heterocycles. The SMILES string of the molecule is C[C@@H](OC(=O)c1ccccc1[N+](=O)[O-])C(=O)Nc1ccc(SC(F)F)cc1. The fraction of sp³-hybridized carbons (Fsp3) is 0.176. The van der Waals surface area contributed by atoms with Gasteiger partial charge in [-0.3, -0.25) is 14.9 Å². The zero-order valence-corrected chi connectivity index (χ0v) is 14.7. The lowest BCUT2D eigenvalue weighted by molar-refractivity contribution is -0.385. The number of rotatable bonds is 7. The first-order valence-electron chi connectivity index (χ1n) is 7.58. The first-order valence-corrected chi connectivity index (χ1v) is 8.46. The highest BCUT2D eigenvalue weighted by Gasteiger charge is 2.25. The van der Waals surface area contributed by atoms with E-state index in [1.807, 2.05) is 0 Å². The Balaban J connectivity index is 1.99. The van der Waals surface area contributed by atoms with Crippen LogP contribution in [0.3, 0.4) is 0 Å². The number of nitrogens with zero attached hydrogens (tertiary/aromatic N) is 1. The zero-order chi connectivity index (χ0) is 20.0. The summed E-state index contributed by atoms with van der Waals surface area (Å²) < 4.78 is 29.5. The van der Waals surface area contributed by atoms with E-state index in [9.17, 15) is 28.5 Å². The number of para-hydroxylation sites is 1. The Morgan fingerprint density at radius 2 is 1.78 bits per heavy atom. The van der Waals surface area contributed by atoms with Crippen molar-refractivity contribution in [3.63, 3.8) is 0 Å². The number of nitro groups is 1. The van der Waals surface area contributed by atoms with Gasteiger partial charge in [0.25, 0.3) is 17.4 Å². The summed E-state index contributed by atoms with van der Waals surface area (Å²) in [4.78, 5) is 34.8. The van der Waals surface area contributed by atoms with E-state index < -0.39 is 34.3 Å². The quantitative estimate of drug-likeness (QED) is 0.328. The molecule has 1 atom stereocenters. The maximum atomic E-state index is 12.3. The van der Waals surface area contributed by atoms with Crippen molar-refractivity contribution in [1.82, 2.24) is 0 Å². The van der Waals surface area contributed by atoms with Gasteiger partial charge in [0.2, 0.25) is 0 Å². The molecule has 0 saturated carbocycles. The van der Waals surface area contributed by atoms with Gasteiger partial charge in [0.1, 0.15) is 5.56 Å². The maximum Gasteiger partial charge on any atom is 0.345 e. The summed E-state index contributed by atoms with van der Waals surface area (Å²) in [7, 11) is 0. The van der Waals surface area contributed by atoms with Crippen LogP contribution in [0, 0.1) is 10.1 Å². The summed E-state index contributed by atoms with van der Waals surface area (Å²) >= 11 is 0.372. The molecule has 2 aromatic carbocycles. The lowest BCUT2D eigenvalue weighted by Gasteiger charge is -2.14. The molecule has 0 spiro atoms. The average Bonchev–Trinajstić information content (AvgIpc) is 2.62. The summed E-state index contributed by atoms with van der Waals surface area (Å²) in [5.74, 6) is -4.23. The molecule has 2 rings (SSSR count). The molecular formula is C17H14F2N2O5S. The third kappa shape index (κ3) is 5.74. The average molecular weight is 396 g/mol. The minimum Gasteiger partial charge on any atom is -0.449 e. The van der Waals surface area contributed by atoms with Crippen LogP contribution in [0.25, 0.3) is 0 Å². The molecule has 0 aliphatic rings. The molecule has 10 heteroatoms. The Bertz CT molecular complexity index is 845. The normalized spacial score (nSPS) is 11.7. The maximum absolute atomic E-state index is 12.3. The number of thioether (sulfide) groups is 1. The van der Waals surface area contributed by atoms with E-state index in [4.69, 9.17) is 4.74 Å². The van der Waals surface area contributed by atoms with Crippen molar-refractivity contribution in [1.29, 1.82) is 0 Å². The van der Waals surface area contributed by atoms with Crippen molar-refractivity contribution in [3.05, 3.63) is 64.2 Å². The van der Waals surface area contributed by atoms with E-state index in [0.29, 0.717) is 22.3 Å². The minimum absolute atomic E-state index is 0.268. The number of amides is 1. The molecule has 0 unspecified atom stereocenters. The summed E-state index contributed by atoms with van der Waals surface area (Å²) in [5.41, 5.74) is -0.370. The molecule has 2 aromatic rings. The third-order valence-electron chi connectivity index (χ3n) is 3.32. The molecule has 0 fully saturated rings. The molecule has 7 nitrogen and oxygen atoms in total. The van der Waals surface area contributed by atoms with Crippen molar-refractivity contribution in [2.75, 3.05) is 5.32 Å².